The summed E-state index contributed by atoms with van der Waals surface area (Å²) in [6.07, 6.45) is 47.1. The highest BCUT2D eigenvalue weighted by Gasteiger charge is 2.25. The Hall–Kier alpha value is -3.75. The molecule has 0 amide bonds. The van der Waals surface area contributed by atoms with Crippen molar-refractivity contribution in [2.24, 2.45) is 0 Å². The highest BCUT2D eigenvalue weighted by atomic mass is 16.6. The number of carboxylic acids is 1. The standard InChI is InChI=1S/C46H73NO7/c1-6-8-10-12-14-16-18-19-20-21-22-23-24-25-27-29-31-33-35-37-45(49)54-42(40-52-39-38-43(46(50)51)47(3,4)5)41-53-44(48)36-34-32-30-28-26-17-15-13-11-9-7-2/h8,10,12-16,18-25,27,42-43H,6-7,9,11,17,26,28-41H2,1-5H3/b10-8+,14-12+,15-13+,18-16+,20-19+,22-21+,24-23+,27-25+. The normalized spacial score (nSPS) is 14.0. The number of rotatable bonds is 34. The summed E-state index contributed by atoms with van der Waals surface area (Å²) in [5, 5.41) is 11.6. The van der Waals surface area contributed by atoms with Crippen molar-refractivity contribution in [1.29, 1.82) is 0 Å². The van der Waals surface area contributed by atoms with Crippen molar-refractivity contribution < 1.29 is 38.2 Å². The molecule has 0 N–H and O–H groups in total. The molecule has 0 aromatic carbocycles. The Bertz CT molecular complexity index is 1200. The molecule has 304 valence electrons. The quantitative estimate of drug-likeness (QED) is 0.0212. The fourth-order valence-corrected chi connectivity index (χ4v) is 5.21. The van der Waals surface area contributed by atoms with Crippen LogP contribution in [-0.4, -0.2) is 75.5 Å². The van der Waals surface area contributed by atoms with Crippen molar-refractivity contribution in [3.05, 3.63) is 97.2 Å². The van der Waals surface area contributed by atoms with Gasteiger partial charge in [0.25, 0.3) is 0 Å². The molecule has 0 saturated carbocycles. The van der Waals surface area contributed by atoms with Crippen LogP contribution in [-0.2, 0) is 28.6 Å². The van der Waals surface area contributed by atoms with E-state index >= 15 is 0 Å². The topological polar surface area (TPSA) is 102 Å². The Kier molecular flexibility index (Phi) is 33.7. The third-order valence-corrected chi connectivity index (χ3v) is 8.40. The second-order valence-corrected chi connectivity index (χ2v) is 14.3. The van der Waals surface area contributed by atoms with Crippen molar-refractivity contribution in [3.8, 4) is 0 Å². The van der Waals surface area contributed by atoms with Gasteiger partial charge >= 0.3 is 11.9 Å². The number of carbonyl (C=O) groups excluding carboxylic acids is 3. The van der Waals surface area contributed by atoms with Gasteiger partial charge in [0.2, 0.25) is 0 Å². The largest absolute Gasteiger partial charge is 0.544 e. The van der Waals surface area contributed by atoms with Crippen molar-refractivity contribution >= 4 is 17.9 Å². The summed E-state index contributed by atoms with van der Waals surface area (Å²) >= 11 is 0. The smallest absolute Gasteiger partial charge is 0.306 e. The Labute approximate surface area is 328 Å². The predicted octanol–water partition coefficient (Wildman–Crippen LogP) is 9.40. The van der Waals surface area contributed by atoms with E-state index in [-0.39, 0.29) is 49.1 Å². The summed E-state index contributed by atoms with van der Waals surface area (Å²) in [4.78, 5) is 36.7. The maximum absolute atomic E-state index is 12.7. The van der Waals surface area contributed by atoms with Crippen LogP contribution in [0.25, 0.3) is 0 Å². The maximum Gasteiger partial charge on any atom is 0.306 e. The van der Waals surface area contributed by atoms with Crippen LogP contribution in [0.1, 0.15) is 123 Å². The number of hydrogen-bond acceptors (Lipinski definition) is 7. The monoisotopic (exact) mass is 752 g/mol. The second kappa shape index (κ2) is 36.2. The molecule has 0 aliphatic rings. The van der Waals surface area contributed by atoms with E-state index in [9.17, 15) is 19.5 Å². The van der Waals surface area contributed by atoms with Crippen molar-refractivity contribution in [1.82, 2.24) is 0 Å². The van der Waals surface area contributed by atoms with Gasteiger partial charge in [-0.1, -0.05) is 150 Å². The van der Waals surface area contributed by atoms with Gasteiger partial charge in [-0.15, -0.1) is 0 Å². The highest BCUT2D eigenvalue weighted by molar-refractivity contribution is 5.70. The summed E-state index contributed by atoms with van der Waals surface area (Å²) in [6.45, 7) is 4.38. The molecular formula is C46H73NO7. The van der Waals surface area contributed by atoms with Gasteiger partial charge in [0.15, 0.2) is 6.10 Å². The lowest BCUT2D eigenvalue weighted by atomic mass is 10.1. The third kappa shape index (κ3) is 34.0. The molecule has 0 aromatic heterocycles. The summed E-state index contributed by atoms with van der Waals surface area (Å²) in [6, 6.07) is -0.741. The van der Waals surface area contributed by atoms with Crippen LogP contribution in [0.4, 0.5) is 0 Å². The molecule has 54 heavy (non-hydrogen) atoms. The average molecular weight is 752 g/mol. The number of quaternary nitrogens is 1. The maximum atomic E-state index is 12.7. The van der Waals surface area contributed by atoms with Gasteiger partial charge in [0.05, 0.1) is 40.3 Å². The first-order chi connectivity index (χ1) is 26.1. The van der Waals surface area contributed by atoms with Gasteiger partial charge in [0, 0.05) is 19.3 Å². The number of allylic oxidation sites excluding steroid dienone is 16. The number of nitrogens with zero attached hydrogens (tertiary/aromatic N) is 1. The molecule has 8 nitrogen and oxygen atoms in total. The number of carboxylic acid groups (broad SMARTS) is 1. The number of esters is 2. The molecule has 0 aromatic rings. The zero-order valence-corrected chi connectivity index (χ0v) is 34.3. The van der Waals surface area contributed by atoms with Crippen molar-refractivity contribution in [3.63, 3.8) is 0 Å². The fraction of sp³-hybridized carbons (Fsp3) is 0.587. The first-order valence-corrected chi connectivity index (χ1v) is 20.4. The summed E-state index contributed by atoms with van der Waals surface area (Å²) in [5.41, 5.74) is 0. The van der Waals surface area contributed by atoms with E-state index in [0.29, 0.717) is 12.8 Å². The lowest BCUT2D eigenvalue weighted by Crippen LogP contribution is -2.55. The summed E-state index contributed by atoms with van der Waals surface area (Å²) in [5.74, 6) is -1.83. The second-order valence-electron chi connectivity index (χ2n) is 14.3. The van der Waals surface area contributed by atoms with E-state index in [1.54, 1.807) is 21.1 Å². The molecule has 0 heterocycles. The number of carbonyl (C=O) groups is 3. The van der Waals surface area contributed by atoms with Crippen molar-refractivity contribution in [2.75, 3.05) is 41.0 Å². The molecule has 0 rings (SSSR count). The molecule has 0 aliphatic heterocycles. The molecule has 8 heteroatoms. The fourth-order valence-electron chi connectivity index (χ4n) is 5.21. The van der Waals surface area contributed by atoms with Gasteiger partial charge in [-0.05, 0) is 51.4 Å². The molecule has 0 saturated heterocycles. The minimum Gasteiger partial charge on any atom is -0.544 e. The minimum atomic E-state index is -1.14. The molecular weight excluding hydrogens is 679 g/mol. The zero-order chi connectivity index (χ0) is 40.0. The SMILES string of the molecule is CC/C=C/C=C/C=C/C=C/C=C/C=C/C=C/CCCCCC(=O)OC(COCCC(C(=O)[O-])[N+](C)(C)C)COC(=O)CCCCCCC/C=C/CCCC. The summed E-state index contributed by atoms with van der Waals surface area (Å²) < 4.78 is 17.0. The van der Waals surface area contributed by atoms with Crippen LogP contribution in [0.15, 0.2) is 97.2 Å². The minimum absolute atomic E-state index is 0.0124. The van der Waals surface area contributed by atoms with Gasteiger partial charge in [-0.3, -0.25) is 9.59 Å². The lowest BCUT2D eigenvalue weighted by Gasteiger charge is -2.34. The van der Waals surface area contributed by atoms with Crippen LogP contribution in [0.3, 0.4) is 0 Å². The predicted molar refractivity (Wildman–Crippen MR) is 221 cm³/mol. The van der Waals surface area contributed by atoms with Gasteiger partial charge in [0.1, 0.15) is 12.6 Å². The molecule has 2 atom stereocenters. The van der Waals surface area contributed by atoms with Gasteiger partial charge in [-0.25, -0.2) is 0 Å². The zero-order valence-electron chi connectivity index (χ0n) is 34.3. The molecule has 0 fully saturated rings. The lowest BCUT2D eigenvalue weighted by molar-refractivity contribution is -0.889. The van der Waals surface area contributed by atoms with Crippen LogP contribution >= 0.6 is 0 Å². The number of ether oxygens (including phenoxy) is 3. The Morgan fingerprint density at radius 3 is 1.61 bits per heavy atom. The van der Waals surface area contributed by atoms with Crippen LogP contribution in [0.5, 0.6) is 0 Å². The molecule has 0 radical (unpaired) electrons. The van der Waals surface area contributed by atoms with E-state index in [1.165, 1.54) is 19.3 Å². The van der Waals surface area contributed by atoms with E-state index in [1.807, 2.05) is 72.9 Å². The Morgan fingerprint density at radius 2 is 1.06 bits per heavy atom. The van der Waals surface area contributed by atoms with Gasteiger partial charge < -0.3 is 28.6 Å². The number of likely N-dealkylation sites (N-methyl/N-ethyl adjacent to an activating group) is 1. The van der Waals surface area contributed by atoms with E-state index in [2.05, 4.69) is 38.2 Å². The summed E-state index contributed by atoms with van der Waals surface area (Å²) in [7, 11) is 5.36. The van der Waals surface area contributed by atoms with Crippen LogP contribution < -0.4 is 5.11 Å². The molecule has 0 bridgehead atoms. The van der Waals surface area contributed by atoms with E-state index in [4.69, 9.17) is 14.2 Å². The average Bonchev–Trinajstić information content (AvgIpc) is 3.12. The molecule has 0 aliphatic carbocycles. The van der Waals surface area contributed by atoms with Crippen molar-refractivity contribution in [2.45, 2.75) is 135 Å². The third-order valence-electron chi connectivity index (χ3n) is 8.40. The van der Waals surface area contributed by atoms with Crippen LogP contribution in [0, 0.1) is 0 Å². The van der Waals surface area contributed by atoms with E-state index in [0.717, 1.165) is 64.2 Å². The number of hydrogen-bond donors (Lipinski definition) is 0. The van der Waals surface area contributed by atoms with Crippen LogP contribution in [0.2, 0.25) is 0 Å². The highest BCUT2D eigenvalue weighted by Crippen LogP contribution is 2.12. The van der Waals surface area contributed by atoms with E-state index < -0.39 is 18.1 Å². The first kappa shape index (κ1) is 50.2. The molecule has 2 unspecified atom stereocenters. The number of unbranched alkanes of at least 4 members (excludes halogenated alkanes) is 10. The molecule has 0 spiro atoms. The van der Waals surface area contributed by atoms with Gasteiger partial charge in [-0.2, -0.15) is 0 Å². The number of aliphatic carboxylic acids is 1. The Balaban J connectivity index is 4.54. The Morgan fingerprint density at radius 1 is 0.574 bits per heavy atom. The first-order valence-electron chi connectivity index (χ1n) is 20.4.